The standard InChI is InChI=1S/C10H18N4/c1-8-4-14(7-10(8)11)6-9-3-12-13(2)5-9/h3,5,8,10H,4,6-7,11H2,1-2H3. The number of nitrogens with two attached hydrogens (primary N) is 1. The minimum Gasteiger partial charge on any atom is -0.326 e. The van der Waals surface area contributed by atoms with Gasteiger partial charge in [-0.3, -0.25) is 9.58 Å². The van der Waals surface area contributed by atoms with Crippen molar-refractivity contribution in [2.75, 3.05) is 13.1 Å². The molecule has 2 unspecified atom stereocenters. The Kier molecular flexibility index (Phi) is 2.56. The Hall–Kier alpha value is -0.870. The lowest BCUT2D eigenvalue weighted by Gasteiger charge is -2.13. The minimum absolute atomic E-state index is 0.340. The molecule has 0 amide bonds. The molecule has 1 aliphatic rings. The molecule has 2 N–H and O–H groups in total. The summed E-state index contributed by atoms with van der Waals surface area (Å²) in [5, 5.41) is 4.16. The zero-order chi connectivity index (χ0) is 10.1. The van der Waals surface area contributed by atoms with E-state index in [4.69, 9.17) is 5.73 Å². The predicted molar refractivity (Wildman–Crippen MR) is 55.6 cm³/mol. The van der Waals surface area contributed by atoms with E-state index in [9.17, 15) is 0 Å². The zero-order valence-electron chi connectivity index (χ0n) is 8.85. The van der Waals surface area contributed by atoms with Crippen LogP contribution in [0, 0.1) is 5.92 Å². The molecule has 1 aliphatic heterocycles. The Morgan fingerprint density at radius 3 is 2.86 bits per heavy atom. The molecule has 0 aliphatic carbocycles. The van der Waals surface area contributed by atoms with Crippen LogP contribution in [0.4, 0.5) is 0 Å². The van der Waals surface area contributed by atoms with Crippen molar-refractivity contribution in [3.63, 3.8) is 0 Å². The van der Waals surface area contributed by atoms with Crippen LogP contribution in [-0.4, -0.2) is 33.8 Å². The molecule has 1 aromatic rings. The van der Waals surface area contributed by atoms with Gasteiger partial charge in [0.15, 0.2) is 0 Å². The molecule has 78 valence electrons. The lowest BCUT2D eigenvalue weighted by atomic mass is 10.1. The van der Waals surface area contributed by atoms with E-state index in [0.29, 0.717) is 12.0 Å². The molecule has 0 bridgehead atoms. The molecule has 1 fully saturated rings. The third-order valence-corrected chi connectivity index (χ3v) is 2.91. The van der Waals surface area contributed by atoms with Crippen molar-refractivity contribution in [3.8, 4) is 0 Å². The van der Waals surface area contributed by atoms with Gasteiger partial charge in [0.25, 0.3) is 0 Å². The van der Waals surface area contributed by atoms with Gasteiger partial charge in [-0.25, -0.2) is 0 Å². The lowest BCUT2D eigenvalue weighted by molar-refractivity contribution is 0.319. The number of hydrogen-bond donors (Lipinski definition) is 1. The highest BCUT2D eigenvalue weighted by atomic mass is 15.2. The van der Waals surface area contributed by atoms with Gasteiger partial charge in [-0.15, -0.1) is 0 Å². The highest BCUT2D eigenvalue weighted by Gasteiger charge is 2.26. The second-order valence-electron chi connectivity index (χ2n) is 4.36. The van der Waals surface area contributed by atoms with Crippen LogP contribution in [0.25, 0.3) is 0 Å². The van der Waals surface area contributed by atoms with E-state index in [1.807, 2.05) is 17.9 Å². The van der Waals surface area contributed by atoms with E-state index in [1.54, 1.807) is 0 Å². The first kappa shape index (κ1) is 9.68. The largest absolute Gasteiger partial charge is 0.326 e. The summed E-state index contributed by atoms with van der Waals surface area (Å²) in [6.07, 6.45) is 3.99. The highest BCUT2D eigenvalue weighted by molar-refractivity contribution is 5.04. The van der Waals surface area contributed by atoms with Gasteiger partial charge in [-0.05, 0) is 5.92 Å². The highest BCUT2D eigenvalue weighted by Crippen LogP contribution is 2.16. The fourth-order valence-corrected chi connectivity index (χ4v) is 2.04. The van der Waals surface area contributed by atoms with Crippen molar-refractivity contribution >= 4 is 0 Å². The van der Waals surface area contributed by atoms with Crippen LogP contribution in [0.2, 0.25) is 0 Å². The molecule has 14 heavy (non-hydrogen) atoms. The SMILES string of the molecule is CC1CN(Cc2cnn(C)c2)CC1N. The molecule has 2 heterocycles. The number of likely N-dealkylation sites (tertiary alicyclic amines) is 1. The van der Waals surface area contributed by atoms with Gasteiger partial charge >= 0.3 is 0 Å². The first-order chi connectivity index (χ1) is 6.65. The fraction of sp³-hybridized carbons (Fsp3) is 0.700. The Balaban J connectivity index is 1.93. The maximum absolute atomic E-state index is 5.97. The van der Waals surface area contributed by atoms with Crippen LogP contribution in [0.3, 0.4) is 0 Å². The maximum Gasteiger partial charge on any atom is 0.0534 e. The van der Waals surface area contributed by atoms with E-state index in [-0.39, 0.29) is 0 Å². The third kappa shape index (κ3) is 1.96. The summed E-state index contributed by atoms with van der Waals surface area (Å²) < 4.78 is 1.84. The first-order valence-electron chi connectivity index (χ1n) is 5.10. The Morgan fingerprint density at radius 2 is 2.36 bits per heavy atom. The van der Waals surface area contributed by atoms with E-state index in [2.05, 4.69) is 23.1 Å². The average Bonchev–Trinajstić information content (AvgIpc) is 2.62. The average molecular weight is 194 g/mol. The molecular formula is C10H18N4. The topological polar surface area (TPSA) is 47.1 Å². The molecule has 1 saturated heterocycles. The number of aryl methyl sites for hydroxylation is 1. The van der Waals surface area contributed by atoms with Crippen LogP contribution in [-0.2, 0) is 13.6 Å². The van der Waals surface area contributed by atoms with Crippen LogP contribution in [0.15, 0.2) is 12.4 Å². The van der Waals surface area contributed by atoms with E-state index < -0.39 is 0 Å². The number of nitrogens with zero attached hydrogens (tertiary/aromatic N) is 3. The lowest BCUT2D eigenvalue weighted by Crippen LogP contribution is -2.28. The summed E-state index contributed by atoms with van der Waals surface area (Å²) in [5.74, 6) is 0.617. The molecule has 4 nitrogen and oxygen atoms in total. The molecule has 0 radical (unpaired) electrons. The maximum atomic E-state index is 5.97. The summed E-state index contributed by atoms with van der Waals surface area (Å²) in [6.45, 7) is 5.31. The number of hydrogen-bond acceptors (Lipinski definition) is 3. The Bertz CT molecular complexity index is 297. The molecule has 4 heteroatoms. The van der Waals surface area contributed by atoms with Crippen LogP contribution in [0.5, 0.6) is 0 Å². The third-order valence-electron chi connectivity index (χ3n) is 2.91. The van der Waals surface area contributed by atoms with Gasteiger partial charge in [-0.1, -0.05) is 6.92 Å². The zero-order valence-corrected chi connectivity index (χ0v) is 8.85. The first-order valence-corrected chi connectivity index (χ1v) is 5.10. The molecule has 0 aromatic carbocycles. The summed E-state index contributed by atoms with van der Waals surface area (Å²) >= 11 is 0. The molecule has 0 saturated carbocycles. The molecule has 1 aromatic heterocycles. The van der Waals surface area contributed by atoms with Gasteiger partial charge in [0.1, 0.15) is 0 Å². The van der Waals surface area contributed by atoms with Crippen LogP contribution < -0.4 is 5.73 Å². The quantitative estimate of drug-likeness (QED) is 0.731. The van der Waals surface area contributed by atoms with Crippen molar-refractivity contribution in [2.24, 2.45) is 18.7 Å². The van der Waals surface area contributed by atoms with Crippen molar-refractivity contribution in [2.45, 2.75) is 19.5 Å². The second kappa shape index (κ2) is 3.71. The molecular weight excluding hydrogens is 176 g/mol. The van der Waals surface area contributed by atoms with Gasteiger partial charge in [0, 0.05) is 44.5 Å². The predicted octanol–water partition coefficient (Wildman–Crippen LogP) is 0.199. The van der Waals surface area contributed by atoms with E-state index in [1.165, 1.54) is 5.56 Å². The minimum atomic E-state index is 0.340. The van der Waals surface area contributed by atoms with Crippen molar-refractivity contribution < 1.29 is 0 Å². The fourth-order valence-electron chi connectivity index (χ4n) is 2.04. The van der Waals surface area contributed by atoms with Crippen molar-refractivity contribution in [1.29, 1.82) is 0 Å². The second-order valence-corrected chi connectivity index (χ2v) is 4.36. The van der Waals surface area contributed by atoms with Gasteiger partial charge in [0.05, 0.1) is 6.20 Å². The normalized spacial score (nSPS) is 28.5. The Labute approximate surface area is 84.7 Å². The van der Waals surface area contributed by atoms with Gasteiger partial charge < -0.3 is 5.73 Å². The summed E-state index contributed by atoms with van der Waals surface area (Å²) in [4.78, 5) is 2.40. The monoisotopic (exact) mass is 194 g/mol. The summed E-state index contributed by atoms with van der Waals surface area (Å²) in [6, 6.07) is 0.340. The van der Waals surface area contributed by atoms with Gasteiger partial charge in [-0.2, -0.15) is 5.10 Å². The van der Waals surface area contributed by atoms with E-state index >= 15 is 0 Å². The van der Waals surface area contributed by atoms with Gasteiger partial charge in [0.2, 0.25) is 0 Å². The molecule has 0 spiro atoms. The smallest absolute Gasteiger partial charge is 0.0534 e. The van der Waals surface area contributed by atoms with Crippen LogP contribution in [0.1, 0.15) is 12.5 Å². The summed E-state index contributed by atoms with van der Waals surface area (Å²) in [7, 11) is 1.95. The van der Waals surface area contributed by atoms with Crippen molar-refractivity contribution in [1.82, 2.24) is 14.7 Å². The molecule has 2 rings (SSSR count). The summed E-state index contributed by atoms with van der Waals surface area (Å²) in [5.41, 5.74) is 7.24. The number of aromatic nitrogens is 2. The van der Waals surface area contributed by atoms with Crippen LogP contribution >= 0.6 is 0 Å². The Morgan fingerprint density at radius 1 is 1.57 bits per heavy atom. The van der Waals surface area contributed by atoms with Crippen molar-refractivity contribution in [3.05, 3.63) is 18.0 Å². The molecule has 2 atom stereocenters. The number of rotatable bonds is 2. The van der Waals surface area contributed by atoms with E-state index in [0.717, 1.165) is 19.6 Å².